The van der Waals surface area contributed by atoms with Crippen molar-refractivity contribution in [2.75, 3.05) is 44.9 Å². The van der Waals surface area contributed by atoms with Crippen LogP contribution in [0, 0.1) is 0 Å². The number of rotatable bonds is 10. The van der Waals surface area contributed by atoms with Gasteiger partial charge >= 0.3 is 0 Å². The van der Waals surface area contributed by atoms with Gasteiger partial charge in [0, 0.05) is 55.6 Å². The van der Waals surface area contributed by atoms with E-state index in [2.05, 4.69) is 4.90 Å². The van der Waals surface area contributed by atoms with E-state index >= 15 is 0 Å². The maximum absolute atomic E-state index is 12.8. The van der Waals surface area contributed by atoms with Crippen LogP contribution >= 0.6 is 0 Å². The highest BCUT2D eigenvalue weighted by molar-refractivity contribution is 6.09. The molecule has 1 saturated heterocycles. The first kappa shape index (κ1) is 23.9. The van der Waals surface area contributed by atoms with Gasteiger partial charge in [0.2, 0.25) is 0 Å². The highest BCUT2D eigenvalue weighted by Gasteiger charge is 2.14. The fourth-order valence-electron chi connectivity index (χ4n) is 4.15. The van der Waals surface area contributed by atoms with Crippen molar-refractivity contribution in [2.45, 2.75) is 19.3 Å². The van der Waals surface area contributed by atoms with Crippen LogP contribution in [0.2, 0.25) is 0 Å². The molecule has 0 atom stereocenters. The van der Waals surface area contributed by atoms with Crippen LogP contribution in [-0.2, 0) is 22.3 Å². The molecular formula is C29H31NO4. The Kier molecular flexibility index (Phi) is 8.23. The van der Waals surface area contributed by atoms with Crippen LogP contribution in [0.1, 0.15) is 43.8 Å². The van der Waals surface area contributed by atoms with Crippen molar-refractivity contribution in [1.82, 2.24) is 0 Å². The van der Waals surface area contributed by atoms with Crippen molar-refractivity contribution in [1.29, 1.82) is 0 Å². The Labute approximate surface area is 201 Å². The largest absolute Gasteiger partial charge is 0.385 e. The smallest absolute Gasteiger partial charge is 0.193 e. The number of aryl methyl sites for hydroxylation is 1. The molecule has 1 aliphatic heterocycles. The molecule has 0 aromatic heterocycles. The Bertz CT molecular complexity index is 1080. The molecule has 0 spiro atoms. The molecule has 3 aromatic rings. The zero-order chi connectivity index (χ0) is 23.8. The second-order valence-corrected chi connectivity index (χ2v) is 8.57. The summed E-state index contributed by atoms with van der Waals surface area (Å²) in [7, 11) is 1.70. The van der Waals surface area contributed by atoms with E-state index in [1.54, 1.807) is 19.2 Å². The highest BCUT2D eigenvalue weighted by atomic mass is 16.5. The van der Waals surface area contributed by atoms with Gasteiger partial charge in [-0.1, -0.05) is 48.5 Å². The number of nitrogens with zero attached hydrogens (tertiary/aromatic N) is 1. The number of ketones is 2. The Hall–Kier alpha value is -3.28. The van der Waals surface area contributed by atoms with E-state index in [1.807, 2.05) is 60.7 Å². The minimum Gasteiger partial charge on any atom is -0.385 e. The molecule has 176 valence electrons. The molecule has 0 amide bonds. The molecule has 34 heavy (non-hydrogen) atoms. The summed E-state index contributed by atoms with van der Waals surface area (Å²) in [6, 6.07) is 22.9. The lowest BCUT2D eigenvalue weighted by atomic mass is 9.98. The molecule has 1 heterocycles. The van der Waals surface area contributed by atoms with E-state index in [4.69, 9.17) is 9.47 Å². The second kappa shape index (κ2) is 11.7. The first-order chi connectivity index (χ1) is 16.6. The molecule has 0 aliphatic carbocycles. The second-order valence-electron chi connectivity index (χ2n) is 8.57. The minimum absolute atomic E-state index is 0.0139. The first-order valence-corrected chi connectivity index (χ1v) is 11.8. The lowest BCUT2D eigenvalue weighted by Gasteiger charge is -2.28. The van der Waals surface area contributed by atoms with E-state index in [-0.39, 0.29) is 11.6 Å². The van der Waals surface area contributed by atoms with Crippen LogP contribution in [0.3, 0.4) is 0 Å². The lowest BCUT2D eigenvalue weighted by molar-refractivity contribution is 0.0992. The van der Waals surface area contributed by atoms with Crippen LogP contribution in [0.5, 0.6) is 0 Å². The summed E-state index contributed by atoms with van der Waals surface area (Å²) < 4.78 is 10.5. The molecule has 4 rings (SSSR count). The number of Topliss-reactive ketones (excluding diaryl/α,β-unsaturated/α-hetero) is 1. The van der Waals surface area contributed by atoms with Crippen molar-refractivity contribution >= 4 is 17.3 Å². The Morgan fingerprint density at radius 2 is 1.35 bits per heavy atom. The summed E-state index contributed by atoms with van der Waals surface area (Å²) in [6.07, 6.45) is 2.20. The van der Waals surface area contributed by atoms with Crippen molar-refractivity contribution in [2.24, 2.45) is 0 Å². The molecule has 1 fully saturated rings. The predicted octanol–water partition coefficient (Wildman–Crippen LogP) is 4.76. The number of morpholine rings is 1. The maximum atomic E-state index is 12.8. The Morgan fingerprint density at radius 3 is 1.94 bits per heavy atom. The first-order valence-electron chi connectivity index (χ1n) is 11.8. The number of benzene rings is 3. The van der Waals surface area contributed by atoms with Gasteiger partial charge in [-0.05, 0) is 48.2 Å². The molecule has 0 N–H and O–H groups in total. The Balaban J connectivity index is 1.34. The average Bonchev–Trinajstić information content (AvgIpc) is 2.90. The fourth-order valence-corrected chi connectivity index (χ4v) is 4.15. The number of hydrogen-bond acceptors (Lipinski definition) is 5. The summed E-state index contributed by atoms with van der Waals surface area (Å²) in [5, 5.41) is 0. The van der Waals surface area contributed by atoms with Gasteiger partial charge in [-0.3, -0.25) is 9.59 Å². The maximum Gasteiger partial charge on any atom is 0.193 e. The monoisotopic (exact) mass is 457 g/mol. The number of ether oxygens (including phenoxy) is 2. The van der Waals surface area contributed by atoms with E-state index in [1.165, 1.54) is 5.56 Å². The van der Waals surface area contributed by atoms with Gasteiger partial charge in [-0.15, -0.1) is 0 Å². The minimum atomic E-state index is -0.0139. The van der Waals surface area contributed by atoms with Crippen LogP contribution in [-0.4, -0.2) is 51.6 Å². The van der Waals surface area contributed by atoms with Crippen molar-refractivity contribution in [3.63, 3.8) is 0 Å². The number of carbonyl (C=O) groups excluding carboxylic acids is 2. The van der Waals surface area contributed by atoms with Crippen LogP contribution in [0.15, 0.2) is 72.8 Å². The quantitative estimate of drug-likeness (QED) is 0.325. The van der Waals surface area contributed by atoms with Gasteiger partial charge in [0.1, 0.15) is 0 Å². The molecule has 1 aliphatic rings. The van der Waals surface area contributed by atoms with Crippen molar-refractivity contribution < 1.29 is 19.1 Å². The van der Waals surface area contributed by atoms with E-state index in [0.29, 0.717) is 23.1 Å². The van der Waals surface area contributed by atoms with Gasteiger partial charge in [-0.2, -0.15) is 0 Å². The fraction of sp³-hybridized carbons (Fsp3) is 0.310. The third kappa shape index (κ3) is 6.19. The third-order valence-electron chi connectivity index (χ3n) is 6.18. The van der Waals surface area contributed by atoms with E-state index < -0.39 is 0 Å². The predicted molar refractivity (Wildman–Crippen MR) is 134 cm³/mol. The summed E-state index contributed by atoms with van der Waals surface area (Å²) in [5.41, 5.74) is 5.19. The van der Waals surface area contributed by atoms with Gasteiger partial charge < -0.3 is 14.4 Å². The van der Waals surface area contributed by atoms with Crippen molar-refractivity contribution in [3.05, 3.63) is 101 Å². The van der Waals surface area contributed by atoms with Crippen molar-refractivity contribution in [3.8, 4) is 0 Å². The zero-order valence-electron chi connectivity index (χ0n) is 19.7. The van der Waals surface area contributed by atoms with Crippen LogP contribution in [0.25, 0.3) is 0 Å². The molecular weight excluding hydrogens is 426 g/mol. The van der Waals surface area contributed by atoms with E-state index in [0.717, 1.165) is 57.0 Å². The molecule has 0 radical (unpaired) electrons. The average molecular weight is 458 g/mol. The normalized spacial score (nSPS) is 13.6. The number of carbonyl (C=O) groups is 2. The van der Waals surface area contributed by atoms with Gasteiger partial charge in [0.15, 0.2) is 11.6 Å². The molecule has 5 heteroatoms. The number of anilines is 1. The Morgan fingerprint density at radius 1 is 0.794 bits per heavy atom. The summed E-state index contributed by atoms with van der Waals surface area (Å²) in [5.74, 6) is 0.0525. The summed E-state index contributed by atoms with van der Waals surface area (Å²) in [4.78, 5) is 27.9. The van der Waals surface area contributed by atoms with Gasteiger partial charge in [0.05, 0.1) is 13.2 Å². The lowest BCUT2D eigenvalue weighted by Crippen LogP contribution is -2.36. The van der Waals surface area contributed by atoms with E-state index in [9.17, 15) is 9.59 Å². The summed E-state index contributed by atoms with van der Waals surface area (Å²) >= 11 is 0. The van der Waals surface area contributed by atoms with Gasteiger partial charge in [-0.25, -0.2) is 0 Å². The van der Waals surface area contributed by atoms with Gasteiger partial charge in [0.25, 0.3) is 0 Å². The SMILES string of the molecule is COCCCc1ccc(C(=O)c2ccc(CC(=O)c3ccc(N4CCOCC4)cc3)cc2)cc1. The third-order valence-corrected chi connectivity index (χ3v) is 6.18. The zero-order valence-corrected chi connectivity index (χ0v) is 19.7. The standard InChI is InChI=1S/C29H31NO4/c1-33-18-2-3-22-4-8-25(9-5-22)29(32)26-10-6-23(7-11-26)21-28(31)24-12-14-27(15-13-24)30-16-19-34-20-17-30/h4-15H,2-3,16-21H2,1H3. The summed E-state index contributed by atoms with van der Waals surface area (Å²) in [6.45, 7) is 3.95. The van der Waals surface area contributed by atoms with Crippen LogP contribution < -0.4 is 4.90 Å². The molecule has 0 saturated carbocycles. The van der Waals surface area contributed by atoms with Crippen LogP contribution in [0.4, 0.5) is 5.69 Å². The topological polar surface area (TPSA) is 55.8 Å². The molecule has 3 aromatic carbocycles. The molecule has 0 bridgehead atoms. The number of hydrogen-bond donors (Lipinski definition) is 0. The molecule has 5 nitrogen and oxygen atoms in total. The number of methoxy groups -OCH3 is 1. The molecule has 0 unspecified atom stereocenters. The highest BCUT2D eigenvalue weighted by Crippen LogP contribution is 2.19.